The quantitative estimate of drug-likeness (QED) is 0.609. The number of aromatic nitrogens is 2. The lowest BCUT2D eigenvalue weighted by Gasteiger charge is -2.26. The number of rotatable bonds is 4. The van der Waals surface area contributed by atoms with E-state index in [0.717, 1.165) is 10.4 Å². The monoisotopic (exact) mass is 412 g/mol. The van der Waals surface area contributed by atoms with Gasteiger partial charge in [-0.15, -0.1) is 11.3 Å². The van der Waals surface area contributed by atoms with Gasteiger partial charge in [-0.2, -0.15) is 0 Å². The van der Waals surface area contributed by atoms with E-state index < -0.39 is 11.9 Å². The third kappa shape index (κ3) is 3.38. The summed E-state index contributed by atoms with van der Waals surface area (Å²) in [4.78, 5) is 32.5. The summed E-state index contributed by atoms with van der Waals surface area (Å²) >= 11 is 1.48. The molecule has 0 radical (unpaired) electrons. The van der Waals surface area contributed by atoms with Gasteiger partial charge in [0, 0.05) is 11.3 Å². The number of esters is 1. The molecule has 0 saturated heterocycles. The van der Waals surface area contributed by atoms with Crippen LogP contribution in [0.2, 0.25) is 0 Å². The molecule has 2 unspecified atom stereocenters. The fourth-order valence-electron chi connectivity index (χ4n) is 3.77. The van der Waals surface area contributed by atoms with Gasteiger partial charge >= 0.3 is 5.97 Å². The Labute approximate surface area is 173 Å². The largest absolute Gasteiger partial charge is 0.468 e. The van der Waals surface area contributed by atoms with Crippen molar-refractivity contribution in [3.63, 3.8) is 0 Å². The van der Waals surface area contributed by atoms with E-state index >= 15 is 0 Å². The Hall–Kier alpha value is -2.51. The SMILES string of the molecule is COC(=O)C(C)c1nc2sc3c(c2c(=O)n1-c1ccccc1)CC(C(C)C)OC3. The standard InChI is InChI=1S/C22H24N2O4S/c1-12(2)16-10-15-17(11-28-16)29-20-18(15)21(25)24(14-8-6-5-7-9-14)19(23-20)13(3)22(26)27-4/h5-9,12-13,16H,10-11H2,1-4H3. The number of carbonyl (C=O) groups excluding carboxylic acids is 1. The second kappa shape index (κ2) is 7.72. The van der Waals surface area contributed by atoms with Crippen LogP contribution >= 0.6 is 11.3 Å². The van der Waals surface area contributed by atoms with Gasteiger partial charge in [-0.05, 0) is 30.5 Å². The lowest BCUT2D eigenvalue weighted by atomic mass is 9.96. The Morgan fingerprint density at radius 1 is 1.28 bits per heavy atom. The minimum absolute atomic E-state index is 0.0820. The normalized spacial score (nSPS) is 17.3. The predicted molar refractivity (Wildman–Crippen MR) is 113 cm³/mol. The Kier molecular flexibility index (Phi) is 5.27. The topological polar surface area (TPSA) is 70.4 Å². The highest BCUT2D eigenvalue weighted by Crippen LogP contribution is 2.36. The molecule has 152 valence electrons. The molecule has 3 aromatic rings. The van der Waals surface area contributed by atoms with Crippen molar-refractivity contribution in [2.75, 3.05) is 7.11 Å². The first-order valence-electron chi connectivity index (χ1n) is 9.74. The third-order valence-corrected chi connectivity index (χ3v) is 6.57. The van der Waals surface area contributed by atoms with Crippen molar-refractivity contribution >= 4 is 27.5 Å². The highest BCUT2D eigenvalue weighted by Gasteiger charge is 2.30. The molecular weight excluding hydrogens is 388 g/mol. The van der Waals surface area contributed by atoms with Crippen molar-refractivity contribution in [2.45, 2.75) is 45.8 Å². The molecule has 2 atom stereocenters. The van der Waals surface area contributed by atoms with Gasteiger partial charge in [-0.1, -0.05) is 32.0 Å². The number of methoxy groups -OCH3 is 1. The summed E-state index contributed by atoms with van der Waals surface area (Å²) in [7, 11) is 1.34. The zero-order chi connectivity index (χ0) is 20.7. The smallest absolute Gasteiger partial charge is 0.316 e. The van der Waals surface area contributed by atoms with Gasteiger partial charge in [-0.25, -0.2) is 4.98 Å². The van der Waals surface area contributed by atoms with Gasteiger partial charge in [0.25, 0.3) is 5.56 Å². The predicted octanol–water partition coefficient (Wildman–Crippen LogP) is 3.82. The van der Waals surface area contributed by atoms with E-state index in [9.17, 15) is 9.59 Å². The molecule has 0 spiro atoms. The van der Waals surface area contributed by atoms with Crippen LogP contribution in [0.1, 0.15) is 43.0 Å². The van der Waals surface area contributed by atoms with Gasteiger partial charge in [0.2, 0.25) is 0 Å². The number of ether oxygens (including phenoxy) is 2. The van der Waals surface area contributed by atoms with Gasteiger partial charge < -0.3 is 9.47 Å². The third-order valence-electron chi connectivity index (χ3n) is 5.47. The second-order valence-electron chi connectivity index (χ2n) is 7.67. The minimum Gasteiger partial charge on any atom is -0.468 e. The molecule has 2 aromatic heterocycles. The van der Waals surface area contributed by atoms with Crippen molar-refractivity contribution in [2.24, 2.45) is 5.92 Å². The van der Waals surface area contributed by atoms with Crippen LogP contribution in [-0.4, -0.2) is 28.7 Å². The molecule has 3 heterocycles. The number of fused-ring (bicyclic) bond motifs is 3. The molecule has 0 bridgehead atoms. The minimum atomic E-state index is -0.670. The first kappa shape index (κ1) is 19.8. The molecule has 6 nitrogen and oxygen atoms in total. The first-order chi connectivity index (χ1) is 13.9. The lowest BCUT2D eigenvalue weighted by Crippen LogP contribution is -2.30. The van der Waals surface area contributed by atoms with Gasteiger partial charge in [0.05, 0.1) is 30.9 Å². The van der Waals surface area contributed by atoms with E-state index in [1.165, 1.54) is 18.4 Å². The number of thiophene rings is 1. The molecule has 1 aliphatic heterocycles. The Bertz CT molecular complexity index is 1120. The van der Waals surface area contributed by atoms with E-state index in [1.807, 2.05) is 30.3 Å². The molecule has 0 fully saturated rings. The average Bonchev–Trinajstić information content (AvgIpc) is 3.10. The summed E-state index contributed by atoms with van der Waals surface area (Å²) in [5.41, 5.74) is 1.58. The highest BCUT2D eigenvalue weighted by molar-refractivity contribution is 7.18. The van der Waals surface area contributed by atoms with Crippen LogP contribution in [-0.2, 0) is 27.3 Å². The molecule has 7 heteroatoms. The van der Waals surface area contributed by atoms with Gasteiger partial charge in [0.15, 0.2) is 0 Å². The molecule has 29 heavy (non-hydrogen) atoms. The zero-order valence-electron chi connectivity index (χ0n) is 17.0. The molecule has 4 rings (SSSR count). The van der Waals surface area contributed by atoms with E-state index in [-0.39, 0.29) is 11.7 Å². The number of benzene rings is 1. The van der Waals surface area contributed by atoms with Crippen molar-refractivity contribution in [3.8, 4) is 5.69 Å². The van der Waals surface area contributed by atoms with Crippen LogP contribution in [0.3, 0.4) is 0 Å². The Balaban J connectivity index is 1.99. The number of hydrogen-bond acceptors (Lipinski definition) is 6. The summed E-state index contributed by atoms with van der Waals surface area (Å²) in [6.45, 7) is 6.46. The van der Waals surface area contributed by atoms with Gasteiger partial charge in [-0.3, -0.25) is 14.2 Å². The lowest BCUT2D eigenvalue weighted by molar-refractivity contribution is -0.142. The van der Waals surface area contributed by atoms with Crippen LogP contribution in [0.25, 0.3) is 15.9 Å². The number of hydrogen-bond donors (Lipinski definition) is 0. The molecule has 0 aliphatic carbocycles. The molecular formula is C22H24N2O4S. The molecule has 1 aromatic carbocycles. The summed E-state index contributed by atoms with van der Waals surface area (Å²) in [6, 6.07) is 9.32. The maximum Gasteiger partial charge on any atom is 0.316 e. The van der Waals surface area contributed by atoms with Crippen LogP contribution < -0.4 is 5.56 Å². The fraction of sp³-hybridized carbons (Fsp3) is 0.409. The van der Waals surface area contributed by atoms with Crippen molar-refractivity contribution in [3.05, 3.63) is 57.0 Å². The summed E-state index contributed by atoms with van der Waals surface area (Å²) in [5.74, 6) is -0.344. The molecule has 0 amide bonds. The number of carbonyl (C=O) groups is 1. The second-order valence-corrected chi connectivity index (χ2v) is 8.76. The van der Waals surface area contributed by atoms with Crippen LogP contribution in [0.5, 0.6) is 0 Å². The Morgan fingerprint density at radius 3 is 2.66 bits per heavy atom. The van der Waals surface area contributed by atoms with Crippen LogP contribution in [0.15, 0.2) is 35.1 Å². The van der Waals surface area contributed by atoms with E-state index in [4.69, 9.17) is 14.5 Å². The van der Waals surface area contributed by atoms with E-state index in [1.54, 1.807) is 11.5 Å². The summed E-state index contributed by atoms with van der Waals surface area (Å²) in [5, 5.41) is 0.642. The van der Waals surface area contributed by atoms with E-state index in [2.05, 4.69) is 13.8 Å². The first-order valence-corrected chi connectivity index (χ1v) is 10.6. The fourth-order valence-corrected chi connectivity index (χ4v) is 4.89. The Morgan fingerprint density at radius 2 is 2.00 bits per heavy atom. The van der Waals surface area contributed by atoms with Crippen LogP contribution in [0, 0.1) is 5.92 Å². The van der Waals surface area contributed by atoms with Gasteiger partial charge in [0.1, 0.15) is 16.6 Å². The van der Waals surface area contributed by atoms with E-state index in [0.29, 0.717) is 40.7 Å². The number of para-hydroxylation sites is 1. The molecule has 0 saturated carbocycles. The molecule has 0 N–H and O–H groups in total. The molecule has 1 aliphatic rings. The maximum atomic E-state index is 13.7. The zero-order valence-corrected chi connectivity index (χ0v) is 17.8. The van der Waals surface area contributed by atoms with Crippen molar-refractivity contribution in [1.29, 1.82) is 0 Å². The summed E-state index contributed by atoms with van der Waals surface area (Å²) < 4.78 is 12.5. The maximum absolute atomic E-state index is 13.7. The van der Waals surface area contributed by atoms with Crippen LogP contribution in [0.4, 0.5) is 0 Å². The van der Waals surface area contributed by atoms with Crippen molar-refractivity contribution in [1.82, 2.24) is 9.55 Å². The average molecular weight is 413 g/mol. The number of nitrogens with zero attached hydrogens (tertiary/aromatic N) is 2. The summed E-state index contributed by atoms with van der Waals surface area (Å²) in [6.07, 6.45) is 0.781. The highest BCUT2D eigenvalue weighted by atomic mass is 32.1. The van der Waals surface area contributed by atoms with Crippen molar-refractivity contribution < 1.29 is 14.3 Å².